The third-order valence-electron chi connectivity index (χ3n) is 5.35. The van der Waals surface area contributed by atoms with Crippen LogP contribution in [0, 0.1) is 6.92 Å². The summed E-state index contributed by atoms with van der Waals surface area (Å²) in [4.78, 5) is 8.11. The maximum atomic E-state index is 10.7. The van der Waals surface area contributed by atoms with Gasteiger partial charge in [-0.1, -0.05) is 37.5 Å². The molecule has 1 aromatic carbocycles. The fourth-order valence-corrected chi connectivity index (χ4v) is 3.90. The molecule has 1 aromatic heterocycles. The van der Waals surface area contributed by atoms with Crippen LogP contribution in [0.25, 0.3) is 10.9 Å². The molecule has 0 atom stereocenters. The number of aliphatic hydroxyl groups is 1. The molecule has 0 aliphatic heterocycles. The first-order chi connectivity index (χ1) is 12.6. The number of rotatable bonds is 6. The van der Waals surface area contributed by atoms with Crippen molar-refractivity contribution in [3.63, 3.8) is 0 Å². The average molecular weight is 357 g/mol. The summed E-state index contributed by atoms with van der Waals surface area (Å²) in [5.41, 5.74) is 3.16. The van der Waals surface area contributed by atoms with Gasteiger partial charge in [0, 0.05) is 29.7 Å². The number of benzene rings is 1. The molecule has 0 spiro atoms. The number of aromatic nitrogens is 1. The molecule has 1 aliphatic rings. The molecule has 0 saturated heterocycles. The van der Waals surface area contributed by atoms with Gasteiger partial charge in [-0.15, -0.1) is 0 Å². The molecular formula is C21H32N4O. The lowest BCUT2D eigenvalue weighted by atomic mass is 9.85. The number of hydrogen-bond donors (Lipinski definition) is 4. The maximum Gasteiger partial charge on any atom is 0.191 e. The van der Waals surface area contributed by atoms with Gasteiger partial charge in [0.05, 0.1) is 12.1 Å². The van der Waals surface area contributed by atoms with E-state index < -0.39 is 5.60 Å². The van der Waals surface area contributed by atoms with E-state index in [0.29, 0.717) is 6.54 Å². The largest absolute Gasteiger partial charge is 0.388 e. The molecule has 26 heavy (non-hydrogen) atoms. The van der Waals surface area contributed by atoms with Gasteiger partial charge in [-0.3, -0.25) is 4.99 Å². The van der Waals surface area contributed by atoms with E-state index in [1.807, 2.05) is 0 Å². The van der Waals surface area contributed by atoms with Crippen LogP contribution in [0.5, 0.6) is 0 Å². The number of aryl methyl sites for hydroxylation is 1. The first kappa shape index (κ1) is 18.8. The monoisotopic (exact) mass is 356 g/mol. The maximum absolute atomic E-state index is 10.7. The van der Waals surface area contributed by atoms with Crippen molar-refractivity contribution >= 4 is 16.9 Å². The first-order valence-corrected chi connectivity index (χ1v) is 9.92. The predicted octanol–water partition coefficient (Wildman–Crippen LogP) is 3.27. The Balaban J connectivity index is 1.59. The first-order valence-electron chi connectivity index (χ1n) is 9.92. The average Bonchev–Trinajstić information content (AvgIpc) is 2.96. The Morgan fingerprint density at radius 3 is 2.73 bits per heavy atom. The highest BCUT2D eigenvalue weighted by Crippen LogP contribution is 2.28. The second-order valence-corrected chi connectivity index (χ2v) is 7.43. The van der Waals surface area contributed by atoms with Crippen molar-refractivity contribution < 1.29 is 5.11 Å². The minimum Gasteiger partial charge on any atom is -0.388 e. The second kappa shape index (κ2) is 8.58. The van der Waals surface area contributed by atoms with Crippen LogP contribution in [0.3, 0.4) is 0 Å². The zero-order valence-electron chi connectivity index (χ0n) is 16.1. The van der Waals surface area contributed by atoms with E-state index in [4.69, 9.17) is 0 Å². The van der Waals surface area contributed by atoms with E-state index >= 15 is 0 Å². The zero-order valence-corrected chi connectivity index (χ0v) is 16.1. The van der Waals surface area contributed by atoms with Crippen LogP contribution in [0.2, 0.25) is 0 Å². The number of hydrogen-bond acceptors (Lipinski definition) is 2. The Morgan fingerprint density at radius 1 is 1.19 bits per heavy atom. The topological polar surface area (TPSA) is 72.4 Å². The Bertz CT molecular complexity index is 744. The van der Waals surface area contributed by atoms with E-state index in [1.165, 1.54) is 28.6 Å². The molecule has 2 aromatic rings. The summed E-state index contributed by atoms with van der Waals surface area (Å²) in [5.74, 6) is 0.795. The molecule has 3 rings (SSSR count). The van der Waals surface area contributed by atoms with Gasteiger partial charge in [0.25, 0.3) is 0 Å². The van der Waals surface area contributed by atoms with Crippen LogP contribution in [0.1, 0.15) is 50.3 Å². The summed E-state index contributed by atoms with van der Waals surface area (Å²) >= 11 is 0. The molecule has 142 valence electrons. The lowest BCUT2D eigenvalue weighted by molar-refractivity contribution is 0.0131. The van der Waals surface area contributed by atoms with Crippen molar-refractivity contribution in [1.82, 2.24) is 15.6 Å². The summed E-state index contributed by atoms with van der Waals surface area (Å²) in [5, 5.41) is 18.7. The number of para-hydroxylation sites is 1. The third-order valence-corrected chi connectivity index (χ3v) is 5.35. The Morgan fingerprint density at radius 2 is 1.96 bits per heavy atom. The van der Waals surface area contributed by atoms with E-state index in [2.05, 4.69) is 58.7 Å². The van der Waals surface area contributed by atoms with E-state index in [1.54, 1.807) is 0 Å². The Kier molecular flexibility index (Phi) is 6.20. The van der Waals surface area contributed by atoms with Gasteiger partial charge in [-0.05, 0) is 44.7 Å². The lowest BCUT2D eigenvalue weighted by Crippen LogP contribution is -2.41. The van der Waals surface area contributed by atoms with Crippen molar-refractivity contribution in [2.75, 3.05) is 19.6 Å². The molecular weight excluding hydrogens is 324 g/mol. The quantitative estimate of drug-likeness (QED) is 0.474. The molecule has 1 fully saturated rings. The summed E-state index contributed by atoms with van der Waals surface area (Å²) in [6, 6.07) is 8.44. The van der Waals surface area contributed by atoms with Crippen LogP contribution < -0.4 is 10.6 Å². The van der Waals surface area contributed by atoms with Crippen molar-refractivity contribution in [3.8, 4) is 0 Å². The van der Waals surface area contributed by atoms with Crippen LogP contribution in [-0.4, -0.2) is 41.3 Å². The zero-order chi connectivity index (χ0) is 18.4. The molecule has 0 amide bonds. The van der Waals surface area contributed by atoms with Gasteiger partial charge in [0.2, 0.25) is 0 Å². The summed E-state index contributed by atoms with van der Waals surface area (Å²) in [6.45, 7) is 6.31. The number of aliphatic imine (C=N–C) groups is 1. The third kappa shape index (κ3) is 4.58. The standard InChI is InChI=1S/C21H32N4O/c1-3-22-20(24-15-21(26)12-7-4-8-13-21)23-14-11-17-16(2)25-19-10-6-5-9-18(17)19/h5-6,9-10,25-26H,3-4,7-8,11-15H2,1-2H3,(H2,22,23,24). The number of nitrogens with one attached hydrogen (secondary N) is 3. The molecule has 0 unspecified atom stereocenters. The number of H-pyrrole nitrogens is 1. The predicted molar refractivity (Wildman–Crippen MR) is 109 cm³/mol. The van der Waals surface area contributed by atoms with E-state index in [-0.39, 0.29) is 0 Å². The smallest absolute Gasteiger partial charge is 0.191 e. The van der Waals surface area contributed by atoms with E-state index in [0.717, 1.165) is 51.2 Å². The molecule has 5 nitrogen and oxygen atoms in total. The van der Waals surface area contributed by atoms with Gasteiger partial charge in [-0.25, -0.2) is 0 Å². The van der Waals surface area contributed by atoms with Gasteiger partial charge < -0.3 is 20.7 Å². The van der Waals surface area contributed by atoms with Crippen LogP contribution in [-0.2, 0) is 6.42 Å². The summed E-state index contributed by atoms with van der Waals surface area (Å²) in [6.07, 6.45) is 6.11. The minimum atomic E-state index is -0.617. The highest BCUT2D eigenvalue weighted by molar-refractivity contribution is 5.84. The summed E-state index contributed by atoms with van der Waals surface area (Å²) in [7, 11) is 0. The van der Waals surface area contributed by atoms with Crippen molar-refractivity contribution in [1.29, 1.82) is 0 Å². The van der Waals surface area contributed by atoms with Gasteiger partial charge in [-0.2, -0.15) is 0 Å². The lowest BCUT2D eigenvalue weighted by Gasteiger charge is -2.30. The molecule has 0 radical (unpaired) electrons. The van der Waals surface area contributed by atoms with Crippen molar-refractivity contribution in [2.45, 2.75) is 58.0 Å². The van der Waals surface area contributed by atoms with Crippen LogP contribution in [0.15, 0.2) is 29.3 Å². The fraction of sp³-hybridized carbons (Fsp3) is 0.571. The highest BCUT2D eigenvalue weighted by atomic mass is 16.3. The normalized spacial score (nSPS) is 17.4. The number of nitrogens with zero attached hydrogens (tertiary/aromatic N) is 1. The van der Waals surface area contributed by atoms with Gasteiger partial charge in [0.15, 0.2) is 5.96 Å². The summed E-state index contributed by atoms with van der Waals surface area (Å²) < 4.78 is 0. The highest BCUT2D eigenvalue weighted by Gasteiger charge is 2.28. The van der Waals surface area contributed by atoms with Crippen LogP contribution >= 0.6 is 0 Å². The number of guanidine groups is 1. The van der Waals surface area contributed by atoms with Crippen molar-refractivity contribution in [3.05, 3.63) is 35.5 Å². The SMILES string of the molecule is CCNC(=NCC1(O)CCCCC1)NCCc1c(C)[nH]c2ccccc12. The molecule has 0 bridgehead atoms. The minimum absolute atomic E-state index is 0.481. The Labute approximate surface area is 156 Å². The molecule has 5 heteroatoms. The van der Waals surface area contributed by atoms with Crippen molar-refractivity contribution in [2.24, 2.45) is 4.99 Å². The van der Waals surface area contributed by atoms with Gasteiger partial charge in [0.1, 0.15) is 0 Å². The van der Waals surface area contributed by atoms with Gasteiger partial charge >= 0.3 is 0 Å². The second-order valence-electron chi connectivity index (χ2n) is 7.43. The number of aromatic amines is 1. The van der Waals surface area contributed by atoms with Crippen LogP contribution in [0.4, 0.5) is 0 Å². The Hall–Kier alpha value is -2.01. The number of fused-ring (bicyclic) bond motifs is 1. The molecule has 1 heterocycles. The molecule has 1 aliphatic carbocycles. The fourth-order valence-electron chi connectivity index (χ4n) is 3.90. The molecule has 1 saturated carbocycles. The molecule has 4 N–H and O–H groups in total. The van der Waals surface area contributed by atoms with E-state index in [9.17, 15) is 5.11 Å².